The molecule has 1 aliphatic rings. The zero-order valence-corrected chi connectivity index (χ0v) is 11.0. The summed E-state index contributed by atoms with van der Waals surface area (Å²) in [6.45, 7) is -1.10. The molecule has 0 N–H and O–H groups in total. The highest BCUT2D eigenvalue weighted by Crippen LogP contribution is 2.18. The zero-order chi connectivity index (χ0) is 15.3. The van der Waals surface area contributed by atoms with Gasteiger partial charge in [-0.1, -0.05) is 0 Å². The van der Waals surface area contributed by atoms with Crippen LogP contribution in [0.15, 0.2) is 18.5 Å². The van der Waals surface area contributed by atoms with Crippen molar-refractivity contribution in [3.8, 4) is 6.01 Å². The second-order valence-corrected chi connectivity index (χ2v) is 4.53. The molecule has 1 aromatic heterocycles. The van der Waals surface area contributed by atoms with Gasteiger partial charge in [0.15, 0.2) is 6.61 Å². The van der Waals surface area contributed by atoms with Crippen molar-refractivity contribution in [2.75, 3.05) is 19.7 Å². The van der Waals surface area contributed by atoms with Gasteiger partial charge in [0.1, 0.15) is 6.10 Å². The van der Waals surface area contributed by atoms with Crippen LogP contribution >= 0.6 is 0 Å². The van der Waals surface area contributed by atoms with E-state index in [2.05, 4.69) is 14.7 Å². The summed E-state index contributed by atoms with van der Waals surface area (Å²) < 4.78 is 45.7. The molecule has 21 heavy (non-hydrogen) atoms. The van der Waals surface area contributed by atoms with Crippen molar-refractivity contribution in [3.05, 3.63) is 18.5 Å². The van der Waals surface area contributed by atoms with Crippen molar-refractivity contribution in [1.29, 1.82) is 0 Å². The van der Waals surface area contributed by atoms with Crippen LogP contribution in [0.25, 0.3) is 0 Å². The number of rotatable bonds is 3. The van der Waals surface area contributed by atoms with Crippen LogP contribution in [-0.4, -0.2) is 52.9 Å². The Bertz CT molecular complexity index is 470. The maximum Gasteiger partial charge on any atom is 0.422 e. The van der Waals surface area contributed by atoms with E-state index in [9.17, 15) is 18.0 Å². The summed E-state index contributed by atoms with van der Waals surface area (Å²) in [6.07, 6.45) is -1.57. The predicted octanol–water partition coefficient (Wildman–Crippen LogP) is 2.02. The number of carbonyl (C=O) groups excluding carboxylic acids is 1. The van der Waals surface area contributed by atoms with E-state index in [1.807, 2.05) is 0 Å². The Balaban J connectivity index is 1.84. The van der Waals surface area contributed by atoms with Crippen LogP contribution < -0.4 is 4.74 Å². The first kappa shape index (κ1) is 15.3. The molecule has 0 radical (unpaired) electrons. The van der Waals surface area contributed by atoms with Gasteiger partial charge in [-0.15, -0.1) is 0 Å². The van der Waals surface area contributed by atoms with Crippen molar-refractivity contribution in [3.63, 3.8) is 0 Å². The lowest BCUT2D eigenvalue weighted by Crippen LogP contribution is -2.45. The number of hydrogen-bond donors (Lipinski definition) is 0. The zero-order valence-electron chi connectivity index (χ0n) is 11.0. The van der Waals surface area contributed by atoms with Gasteiger partial charge in [-0.05, 0) is 18.9 Å². The molecule has 0 spiro atoms. The van der Waals surface area contributed by atoms with E-state index in [1.165, 1.54) is 17.3 Å². The summed E-state index contributed by atoms with van der Waals surface area (Å²) in [4.78, 5) is 20.5. The third-order valence-electron chi connectivity index (χ3n) is 2.81. The summed E-state index contributed by atoms with van der Waals surface area (Å²) in [7, 11) is 0. The molecule has 1 saturated heterocycles. The van der Waals surface area contributed by atoms with Crippen LogP contribution in [0.3, 0.4) is 0 Å². The minimum atomic E-state index is -4.53. The third-order valence-corrected chi connectivity index (χ3v) is 2.81. The molecule has 0 aliphatic carbocycles. The van der Waals surface area contributed by atoms with Crippen molar-refractivity contribution in [2.45, 2.75) is 25.1 Å². The first-order chi connectivity index (χ1) is 9.94. The van der Waals surface area contributed by atoms with Gasteiger partial charge in [0.25, 0.3) is 0 Å². The van der Waals surface area contributed by atoms with Gasteiger partial charge >= 0.3 is 18.3 Å². The van der Waals surface area contributed by atoms with Crippen LogP contribution in [0, 0.1) is 0 Å². The molecule has 1 unspecified atom stereocenters. The van der Waals surface area contributed by atoms with Crippen LogP contribution in [-0.2, 0) is 4.74 Å². The third kappa shape index (κ3) is 5.09. The SMILES string of the molecule is O=C(OCC(F)(F)F)N1CCCC(Oc2ncccn2)C1. The lowest BCUT2D eigenvalue weighted by molar-refractivity contribution is -0.162. The number of hydrogen-bond acceptors (Lipinski definition) is 5. The maximum atomic E-state index is 12.0. The second kappa shape index (κ2) is 6.59. The van der Waals surface area contributed by atoms with E-state index < -0.39 is 18.9 Å². The van der Waals surface area contributed by atoms with Crippen molar-refractivity contribution in [2.24, 2.45) is 0 Å². The van der Waals surface area contributed by atoms with E-state index in [0.29, 0.717) is 19.4 Å². The fourth-order valence-electron chi connectivity index (χ4n) is 1.93. The second-order valence-electron chi connectivity index (χ2n) is 4.53. The Kier molecular flexibility index (Phi) is 4.81. The Morgan fingerprint density at radius 2 is 2.10 bits per heavy atom. The number of amides is 1. The van der Waals surface area contributed by atoms with Gasteiger partial charge in [-0.3, -0.25) is 0 Å². The Morgan fingerprint density at radius 3 is 2.76 bits per heavy atom. The van der Waals surface area contributed by atoms with Crippen molar-refractivity contribution in [1.82, 2.24) is 14.9 Å². The number of aromatic nitrogens is 2. The lowest BCUT2D eigenvalue weighted by Gasteiger charge is -2.31. The minimum Gasteiger partial charge on any atom is -0.458 e. The molecule has 2 rings (SSSR count). The van der Waals surface area contributed by atoms with Gasteiger partial charge in [0, 0.05) is 18.9 Å². The summed E-state index contributed by atoms with van der Waals surface area (Å²) >= 11 is 0. The fraction of sp³-hybridized carbons (Fsp3) is 0.583. The largest absolute Gasteiger partial charge is 0.458 e. The highest BCUT2D eigenvalue weighted by Gasteiger charge is 2.32. The van der Waals surface area contributed by atoms with Gasteiger partial charge in [-0.2, -0.15) is 13.2 Å². The summed E-state index contributed by atoms with van der Waals surface area (Å²) in [5.74, 6) is 0. The number of ether oxygens (including phenoxy) is 2. The Labute approximate surface area is 118 Å². The number of nitrogens with zero attached hydrogens (tertiary/aromatic N) is 3. The van der Waals surface area contributed by atoms with Crippen molar-refractivity contribution < 1.29 is 27.4 Å². The van der Waals surface area contributed by atoms with Gasteiger partial charge in [0.2, 0.25) is 0 Å². The molecule has 116 valence electrons. The molecular formula is C12H14F3N3O3. The van der Waals surface area contributed by atoms with Crippen LogP contribution in [0.1, 0.15) is 12.8 Å². The normalized spacial score (nSPS) is 19.2. The highest BCUT2D eigenvalue weighted by molar-refractivity contribution is 5.67. The molecule has 1 atom stereocenters. The highest BCUT2D eigenvalue weighted by atomic mass is 19.4. The Hall–Kier alpha value is -2.06. The molecule has 0 bridgehead atoms. The quantitative estimate of drug-likeness (QED) is 0.855. The van der Waals surface area contributed by atoms with Gasteiger partial charge < -0.3 is 14.4 Å². The molecule has 9 heteroatoms. The van der Waals surface area contributed by atoms with Gasteiger partial charge in [0.05, 0.1) is 6.54 Å². The maximum absolute atomic E-state index is 12.0. The molecule has 0 saturated carbocycles. The summed E-state index contributed by atoms with van der Waals surface area (Å²) in [6, 6.07) is 1.81. The van der Waals surface area contributed by atoms with Crippen molar-refractivity contribution >= 4 is 6.09 Å². The molecule has 2 heterocycles. The fourth-order valence-corrected chi connectivity index (χ4v) is 1.93. The van der Waals surface area contributed by atoms with Crippen LogP contribution in [0.5, 0.6) is 6.01 Å². The van der Waals surface area contributed by atoms with E-state index in [4.69, 9.17) is 4.74 Å². The molecule has 1 aliphatic heterocycles. The van der Waals surface area contributed by atoms with E-state index in [0.717, 1.165) is 0 Å². The Morgan fingerprint density at radius 1 is 1.38 bits per heavy atom. The first-order valence-electron chi connectivity index (χ1n) is 6.36. The van der Waals surface area contributed by atoms with E-state index >= 15 is 0 Å². The summed E-state index contributed by atoms with van der Waals surface area (Å²) in [5.41, 5.74) is 0. The standard InChI is InChI=1S/C12H14F3N3O3/c13-12(14,15)8-20-11(19)18-6-1-3-9(7-18)21-10-16-4-2-5-17-10/h2,4-5,9H,1,3,6-8H2. The number of carbonyl (C=O) groups is 1. The van der Waals surface area contributed by atoms with E-state index in [1.54, 1.807) is 6.07 Å². The number of likely N-dealkylation sites (tertiary alicyclic amines) is 1. The van der Waals surface area contributed by atoms with Crippen LogP contribution in [0.4, 0.5) is 18.0 Å². The summed E-state index contributed by atoms with van der Waals surface area (Å²) in [5, 5.41) is 0. The molecular weight excluding hydrogens is 291 g/mol. The molecule has 6 nitrogen and oxygen atoms in total. The number of alkyl halides is 3. The number of piperidine rings is 1. The lowest BCUT2D eigenvalue weighted by atomic mass is 10.1. The number of halogens is 3. The average Bonchev–Trinajstić information content (AvgIpc) is 2.45. The monoisotopic (exact) mass is 305 g/mol. The molecule has 1 aromatic rings. The topological polar surface area (TPSA) is 64.5 Å². The molecule has 1 amide bonds. The average molecular weight is 305 g/mol. The van der Waals surface area contributed by atoms with E-state index in [-0.39, 0.29) is 18.7 Å². The molecule has 0 aromatic carbocycles. The van der Waals surface area contributed by atoms with Crippen LogP contribution in [0.2, 0.25) is 0 Å². The smallest absolute Gasteiger partial charge is 0.422 e. The first-order valence-corrected chi connectivity index (χ1v) is 6.36. The minimum absolute atomic E-state index is 0.148. The predicted molar refractivity (Wildman–Crippen MR) is 64.7 cm³/mol. The molecule has 1 fully saturated rings. The van der Waals surface area contributed by atoms with Gasteiger partial charge in [-0.25, -0.2) is 14.8 Å².